The van der Waals surface area contributed by atoms with E-state index in [4.69, 9.17) is 0 Å². The van der Waals surface area contributed by atoms with Crippen LogP contribution in [0.5, 0.6) is 0 Å². The number of carbonyl (C=O) groups is 1. The molecule has 0 bridgehead atoms. The van der Waals surface area contributed by atoms with Crippen molar-refractivity contribution in [3.05, 3.63) is 72.2 Å². The fourth-order valence-electron chi connectivity index (χ4n) is 2.55. The summed E-state index contributed by atoms with van der Waals surface area (Å²) >= 11 is 0. The van der Waals surface area contributed by atoms with Gasteiger partial charge in [0.25, 0.3) is 5.91 Å². The smallest absolute Gasteiger partial charge is 0.270 e. The summed E-state index contributed by atoms with van der Waals surface area (Å²) in [6.45, 7) is 0.357. The lowest BCUT2D eigenvalue weighted by molar-refractivity contribution is 0.0945. The Hall–Kier alpha value is -3.28. The molecule has 2 heterocycles. The highest BCUT2D eigenvalue weighted by Gasteiger charge is 2.22. The Labute approximate surface area is 151 Å². The van der Waals surface area contributed by atoms with Gasteiger partial charge >= 0.3 is 0 Å². The Morgan fingerprint density at radius 2 is 1.85 bits per heavy atom. The number of amides is 1. The normalized spacial score (nSPS) is 13.2. The number of rotatable bonds is 6. The molecule has 0 spiro atoms. The Morgan fingerprint density at radius 1 is 1.04 bits per heavy atom. The fraction of sp³-hybridized carbons (Fsp3) is 0.200. The van der Waals surface area contributed by atoms with E-state index in [9.17, 15) is 4.79 Å². The summed E-state index contributed by atoms with van der Waals surface area (Å²) in [6.07, 6.45) is 3.97. The van der Waals surface area contributed by atoms with Crippen LogP contribution in [-0.4, -0.2) is 26.9 Å². The van der Waals surface area contributed by atoms with E-state index in [0.717, 1.165) is 24.1 Å². The molecule has 0 aliphatic heterocycles. The van der Waals surface area contributed by atoms with Crippen molar-refractivity contribution in [1.82, 2.24) is 20.3 Å². The van der Waals surface area contributed by atoms with E-state index in [0.29, 0.717) is 29.9 Å². The second-order valence-corrected chi connectivity index (χ2v) is 6.25. The molecule has 2 aromatic heterocycles. The van der Waals surface area contributed by atoms with Gasteiger partial charge in [-0.15, -0.1) is 0 Å². The first kappa shape index (κ1) is 16.2. The lowest BCUT2D eigenvalue weighted by Crippen LogP contribution is -2.25. The van der Waals surface area contributed by atoms with Crippen molar-refractivity contribution in [2.45, 2.75) is 25.4 Å². The number of pyridine rings is 1. The van der Waals surface area contributed by atoms with Crippen LogP contribution < -0.4 is 10.6 Å². The molecule has 4 rings (SSSR count). The third kappa shape index (κ3) is 4.03. The van der Waals surface area contributed by atoms with E-state index < -0.39 is 0 Å². The average Bonchev–Trinajstić information content (AvgIpc) is 3.51. The molecule has 3 aromatic rings. The topological polar surface area (TPSA) is 79.8 Å². The highest BCUT2D eigenvalue weighted by molar-refractivity contribution is 5.93. The van der Waals surface area contributed by atoms with Gasteiger partial charge in [-0.05, 0) is 25.0 Å². The van der Waals surface area contributed by atoms with Gasteiger partial charge in [0.1, 0.15) is 11.5 Å². The van der Waals surface area contributed by atoms with Crippen LogP contribution in [0.3, 0.4) is 0 Å². The lowest BCUT2D eigenvalue weighted by atomic mass is 10.2. The molecule has 6 heteroatoms. The summed E-state index contributed by atoms with van der Waals surface area (Å²) in [4.78, 5) is 25.8. The molecule has 1 aromatic carbocycles. The van der Waals surface area contributed by atoms with Crippen molar-refractivity contribution >= 4 is 11.7 Å². The zero-order chi connectivity index (χ0) is 17.8. The molecule has 0 saturated heterocycles. The molecule has 6 nitrogen and oxygen atoms in total. The Kier molecular flexibility index (Phi) is 4.55. The molecule has 2 N–H and O–H groups in total. The van der Waals surface area contributed by atoms with Gasteiger partial charge in [0.05, 0.1) is 12.2 Å². The third-order valence-electron chi connectivity index (χ3n) is 4.08. The minimum absolute atomic E-state index is 0.242. The van der Waals surface area contributed by atoms with Crippen LogP contribution in [0.15, 0.2) is 60.8 Å². The summed E-state index contributed by atoms with van der Waals surface area (Å²) in [5.74, 6) is 0.984. The van der Waals surface area contributed by atoms with Crippen molar-refractivity contribution < 1.29 is 4.79 Å². The quantitative estimate of drug-likeness (QED) is 0.718. The molecule has 130 valence electrons. The molecule has 0 radical (unpaired) electrons. The van der Waals surface area contributed by atoms with Crippen LogP contribution in [-0.2, 0) is 6.54 Å². The largest absolute Gasteiger partial charge is 0.367 e. The van der Waals surface area contributed by atoms with Crippen molar-refractivity contribution in [2.75, 3.05) is 5.32 Å². The zero-order valence-electron chi connectivity index (χ0n) is 14.2. The molecular weight excluding hydrogens is 326 g/mol. The van der Waals surface area contributed by atoms with Crippen LogP contribution in [0.1, 0.15) is 29.0 Å². The van der Waals surface area contributed by atoms with E-state index in [1.807, 2.05) is 48.5 Å². The van der Waals surface area contributed by atoms with E-state index in [1.54, 1.807) is 12.3 Å². The second kappa shape index (κ2) is 7.31. The first-order valence-corrected chi connectivity index (χ1v) is 8.67. The number of benzene rings is 1. The second-order valence-electron chi connectivity index (χ2n) is 6.25. The first-order chi connectivity index (χ1) is 12.8. The Morgan fingerprint density at radius 3 is 2.58 bits per heavy atom. The Bertz CT molecular complexity index is 895. The maximum atomic E-state index is 12.6. The van der Waals surface area contributed by atoms with Crippen LogP contribution >= 0.6 is 0 Å². The molecule has 0 atom stereocenters. The van der Waals surface area contributed by atoms with E-state index >= 15 is 0 Å². The maximum Gasteiger partial charge on any atom is 0.270 e. The molecule has 1 aliphatic rings. The highest BCUT2D eigenvalue weighted by atomic mass is 16.1. The summed E-state index contributed by atoms with van der Waals surface area (Å²) in [5.41, 5.74) is 2.03. The number of nitrogens with one attached hydrogen (secondary N) is 2. The van der Waals surface area contributed by atoms with E-state index in [2.05, 4.69) is 25.6 Å². The van der Waals surface area contributed by atoms with Gasteiger partial charge in [-0.3, -0.25) is 9.78 Å². The summed E-state index contributed by atoms with van der Waals surface area (Å²) < 4.78 is 0. The summed E-state index contributed by atoms with van der Waals surface area (Å²) in [5, 5.41) is 6.22. The van der Waals surface area contributed by atoms with Gasteiger partial charge in [0, 0.05) is 23.9 Å². The van der Waals surface area contributed by atoms with Crippen LogP contribution in [0, 0.1) is 0 Å². The van der Waals surface area contributed by atoms with Gasteiger partial charge < -0.3 is 10.6 Å². The van der Waals surface area contributed by atoms with E-state index in [1.165, 1.54) is 0 Å². The molecule has 26 heavy (non-hydrogen) atoms. The van der Waals surface area contributed by atoms with Crippen LogP contribution in [0.25, 0.3) is 11.4 Å². The number of nitrogens with zero attached hydrogens (tertiary/aromatic N) is 3. The predicted molar refractivity (Wildman–Crippen MR) is 99.5 cm³/mol. The molecule has 1 fully saturated rings. The van der Waals surface area contributed by atoms with Crippen LogP contribution in [0.4, 0.5) is 5.82 Å². The highest BCUT2D eigenvalue weighted by Crippen LogP contribution is 2.25. The number of carbonyl (C=O) groups excluding carboxylic acids is 1. The van der Waals surface area contributed by atoms with Crippen LogP contribution in [0.2, 0.25) is 0 Å². The van der Waals surface area contributed by atoms with Crippen molar-refractivity contribution in [1.29, 1.82) is 0 Å². The fourth-order valence-corrected chi connectivity index (χ4v) is 2.55. The van der Waals surface area contributed by atoms with Crippen molar-refractivity contribution in [2.24, 2.45) is 0 Å². The number of anilines is 1. The average molecular weight is 345 g/mol. The number of aromatic nitrogens is 3. The van der Waals surface area contributed by atoms with Gasteiger partial charge in [-0.1, -0.05) is 36.4 Å². The monoisotopic (exact) mass is 345 g/mol. The standard InChI is InChI=1S/C20H19N5O/c26-20(22-13-16-8-4-5-11-21-16)17-12-18(23-15-9-10-15)25-19(24-17)14-6-2-1-3-7-14/h1-8,11-12,15H,9-10,13H2,(H,22,26)(H,23,24,25). The van der Waals surface area contributed by atoms with Gasteiger partial charge in [0.2, 0.25) is 0 Å². The molecule has 1 amide bonds. The van der Waals surface area contributed by atoms with Gasteiger partial charge in [0.15, 0.2) is 5.82 Å². The predicted octanol–water partition coefficient (Wildman–Crippen LogP) is 3.04. The maximum absolute atomic E-state index is 12.6. The minimum atomic E-state index is -0.242. The van der Waals surface area contributed by atoms with Crippen molar-refractivity contribution in [3.8, 4) is 11.4 Å². The van der Waals surface area contributed by atoms with E-state index in [-0.39, 0.29) is 5.91 Å². The minimum Gasteiger partial charge on any atom is -0.367 e. The lowest BCUT2D eigenvalue weighted by Gasteiger charge is -2.10. The molecule has 0 unspecified atom stereocenters. The molecular formula is C20H19N5O. The van der Waals surface area contributed by atoms with Gasteiger partial charge in [-0.2, -0.15) is 0 Å². The third-order valence-corrected chi connectivity index (χ3v) is 4.08. The van der Waals surface area contributed by atoms with Crippen molar-refractivity contribution in [3.63, 3.8) is 0 Å². The Balaban J connectivity index is 1.58. The molecule has 1 saturated carbocycles. The molecule has 1 aliphatic carbocycles. The number of hydrogen-bond donors (Lipinski definition) is 2. The first-order valence-electron chi connectivity index (χ1n) is 8.67. The summed E-state index contributed by atoms with van der Waals surface area (Å²) in [6, 6.07) is 17.4. The van der Waals surface area contributed by atoms with Gasteiger partial charge in [-0.25, -0.2) is 9.97 Å². The zero-order valence-corrected chi connectivity index (χ0v) is 14.2. The number of hydrogen-bond acceptors (Lipinski definition) is 5. The summed E-state index contributed by atoms with van der Waals surface area (Å²) in [7, 11) is 0. The SMILES string of the molecule is O=C(NCc1ccccn1)c1cc(NC2CC2)nc(-c2ccccc2)n1.